The van der Waals surface area contributed by atoms with Crippen LogP contribution < -0.4 is 4.90 Å². The van der Waals surface area contributed by atoms with E-state index in [0.717, 1.165) is 4.90 Å². The number of carbonyl (C=O) groups excluding carboxylic acids is 4. The van der Waals surface area contributed by atoms with Crippen molar-refractivity contribution in [3.05, 3.63) is 120 Å². The highest BCUT2D eigenvalue weighted by Crippen LogP contribution is 2.45. The number of imide groups is 1. The first kappa shape index (κ1) is 37.2. The van der Waals surface area contributed by atoms with Crippen molar-refractivity contribution in [1.82, 2.24) is 19.5 Å². The third kappa shape index (κ3) is 7.95. The number of ether oxygens (including phenoxy) is 4. The molecule has 1 fully saturated rings. The molecule has 0 radical (unpaired) electrons. The lowest BCUT2D eigenvalue weighted by Gasteiger charge is -2.23. The summed E-state index contributed by atoms with van der Waals surface area (Å²) in [5.41, 5.74) is 1.09. The molecule has 2 amide bonds. The Labute approximate surface area is 305 Å². The van der Waals surface area contributed by atoms with E-state index in [0.29, 0.717) is 5.56 Å². The van der Waals surface area contributed by atoms with E-state index in [2.05, 4.69) is 15.0 Å². The smallest absolute Gasteiger partial charge is 0.342 e. The highest BCUT2D eigenvalue weighted by molar-refractivity contribution is 7.63. The fourth-order valence-corrected chi connectivity index (χ4v) is 7.02. The largest absolute Gasteiger partial charge is 0.464 e. The van der Waals surface area contributed by atoms with Crippen molar-refractivity contribution in [1.29, 1.82) is 0 Å². The van der Waals surface area contributed by atoms with Gasteiger partial charge in [0.25, 0.3) is 11.8 Å². The molecule has 2 aromatic heterocycles. The van der Waals surface area contributed by atoms with Crippen LogP contribution in [-0.2, 0) is 28.3 Å². The average molecular weight is 740 g/mol. The SMILES string of the molecule is CCOC(=O)C(OC[C@H]1O[C@@H](n2cnc3c(N(C(=O)c4ccccc4)C(=O)c4ccccc4)ncnc32)[C@H](OC(=O)c2ccccc2)[C@@H]1C)P(C)(C)=O. The van der Waals surface area contributed by atoms with Crippen LogP contribution in [0.15, 0.2) is 104 Å². The lowest BCUT2D eigenvalue weighted by atomic mass is 10.0. The van der Waals surface area contributed by atoms with Crippen LogP contribution in [-0.4, -0.2) is 87.9 Å². The number of hydrogen-bond donors (Lipinski definition) is 0. The summed E-state index contributed by atoms with van der Waals surface area (Å²) < 4.78 is 38.2. The average Bonchev–Trinajstić information content (AvgIpc) is 3.73. The number of esters is 2. The van der Waals surface area contributed by atoms with Crippen molar-refractivity contribution >= 4 is 47.9 Å². The van der Waals surface area contributed by atoms with Crippen LogP contribution >= 0.6 is 7.14 Å². The van der Waals surface area contributed by atoms with Crippen molar-refractivity contribution in [3.8, 4) is 0 Å². The van der Waals surface area contributed by atoms with Crippen molar-refractivity contribution in [2.75, 3.05) is 31.4 Å². The Balaban J connectivity index is 1.39. The van der Waals surface area contributed by atoms with E-state index in [1.54, 1.807) is 105 Å². The zero-order valence-corrected chi connectivity index (χ0v) is 30.4. The van der Waals surface area contributed by atoms with Gasteiger partial charge in [0.1, 0.15) is 13.5 Å². The maximum absolute atomic E-state index is 14.0. The summed E-state index contributed by atoms with van der Waals surface area (Å²) >= 11 is 0. The molecule has 0 spiro atoms. The van der Waals surface area contributed by atoms with E-state index >= 15 is 0 Å². The van der Waals surface area contributed by atoms with Gasteiger partial charge in [0.05, 0.1) is 31.2 Å². The number of hydrogen-bond acceptors (Lipinski definition) is 12. The normalized spacial score (nSPS) is 19.0. The van der Waals surface area contributed by atoms with Crippen LogP contribution in [0.25, 0.3) is 11.2 Å². The summed E-state index contributed by atoms with van der Waals surface area (Å²) in [4.78, 5) is 68.4. The Hall–Kier alpha value is -5.56. The first-order chi connectivity index (χ1) is 25.5. The molecule has 0 bridgehead atoms. The number of fused-ring (bicyclic) bond motifs is 1. The molecule has 0 saturated carbocycles. The van der Waals surface area contributed by atoms with Crippen molar-refractivity contribution in [3.63, 3.8) is 0 Å². The maximum atomic E-state index is 14.0. The number of amides is 2. The second kappa shape index (κ2) is 16.0. The summed E-state index contributed by atoms with van der Waals surface area (Å²) in [6.45, 7) is 6.20. The van der Waals surface area contributed by atoms with Crippen LogP contribution in [0, 0.1) is 5.92 Å². The Kier molecular flexibility index (Phi) is 11.2. The van der Waals surface area contributed by atoms with Gasteiger partial charge in [-0.2, -0.15) is 0 Å². The maximum Gasteiger partial charge on any atom is 0.342 e. The molecule has 5 atom stereocenters. The quantitative estimate of drug-likeness (QED) is 0.0884. The number of imidazole rings is 1. The van der Waals surface area contributed by atoms with Gasteiger partial charge in [-0.25, -0.2) is 29.4 Å². The minimum absolute atomic E-state index is 0.0702. The molecule has 3 aromatic carbocycles. The van der Waals surface area contributed by atoms with Gasteiger partial charge in [-0.3, -0.25) is 14.2 Å². The predicted molar refractivity (Wildman–Crippen MR) is 194 cm³/mol. The van der Waals surface area contributed by atoms with Crippen LogP contribution in [0.3, 0.4) is 0 Å². The molecular formula is C38H38N5O9P. The molecular weight excluding hydrogens is 701 g/mol. The van der Waals surface area contributed by atoms with E-state index in [9.17, 15) is 23.7 Å². The molecule has 1 saturated heterocycles. The van der Waals surface area contributed by atoms with Crippen LogP contribution in [0.2, 0.25) is 0 Å². The first-order valence-electron chi connectivity index (χ1n) is 16.9. The van der Waals surface area contributed by atoms with Gasteiger partial charge >= 0.3 is 11.9 Å². The van der Waals surface area contributed by atoms with E-state index in [1.165, 1.54) is 30.6 Å². The molecule has 53 heavy (non-hydrogen) atoms. The Morgan fingerprint density at radius 2 is 1.42 bits per heavy atom. The van der Waals surface area contributed by atoms with Crippen LogP contribution in [0.5, 0.6) is 0 Å². The fourth-order valence-electron chi connectivity index (χ4n) is 5.99. The second-order valence-corrected chi connectivity index (χ2v) is 16.1. The van der Waals surface area contributed by atoms with Gasteiger partial charge in [0, 0.05) is 17.0 Å². The monoisotopic (exact) mass is 739 g/mol. The van der Waals surface area contributed by atoms with Gasteiger partial charge in [0.2, 0.25) is 5.85 Å². The molecule has 6 rings (SSSR count). The number of carbonyl (C=O) groups is 4. The number of anilines is 1. The van der Waals surface area contributed by atoms with E-state index in [1.807, 2.05) is 0 Å². The zero-order chi connectivity index (χ0) is 37.7. The minimum Gasteiger partial charge on any atom is -0.464 e. The lowest BCUT2D eigenvalue weighted by molar-refractivity contribution is -0.153. The topological polar surface area (TPSA) is 169 Å². The molecule has 0 N–H and O–H groups in total. The van der Waals surface area contributed by atoms with Gasteiger partial charge in [-0.1, -0.05) is 61.5 Å². The van der Waals surface area contributed by atoms with Crippen LogP contribution in [0.1, 0.15) is 51.1 Å². The molecule has 5 aromatic rings. The third-order valence-electron chi connectivity index (χ3n) is 8.70. The predicted octanol–water partition coefficient (Wildman–Crippen LogP) is 5.60. The summed E-state index contributed by atoms with van der Waals surface area (Å²) in [5.74, 6) is -4.56. The second-order valence-electron chi connectivity index (χ2n) is 12.7. The minimum atomic E-state index is -3.12. The molecule has 274 valence electrons. The third-order valence-corrected chi connectivity index (χ3v) is 10.2. The van der Waals surface area contributed by atoms with Crippen molar-refractivity contribution in [2.24, 2.45) is 5.92 Å². The van der Waals surface area contributed by atoms with Gasteiger partial charge in [-0.05, 0) is 56.7 Å². The Morgan fingerprint density at radius 3 is 1.96 bits per heavy atom. The zero-order valence-electron chi connectivity index (χ0n) is 29.5. The number of rotatable bonds is 12. The molecule has 1 aliphatic rings. The van der Waals surface area contributed by atoms with Gasteiger partial charge < -0.3 is 23.5 Å². The highest BCUT2D eigenvalue weighted by Gasteiger charge is 2.47. The number of aromatic nitrogens is 4. The Bertz CT molecular complexity index is 2090. The standard InChI is InChI=1S/C38H38N5O9P/c1-5-49-37(47)38(53(3,4)48)50-21-28-24(2)30(52-36(46)27-19-13-8-14-20-27)35(51-28)42-23-41-29-31(42)39-22-40-32(29)43(33(44)25-15-9-6-10-16-25)34(45)26-17-11-7-12-18-26/h6-20,22-24,28,30,35,38H,5,21H2,1-4H3/t24-,28-,30-,35-,38?/m1/s1. The summed E-state index contributed by atoms with van der Waals surface area (Å²) in [5, 5.41) is 0. The molecule has 3 heterocycles. The summed E-state index contributed by atoms with van der Waals surface area (Å²) in [6.07, 6.45) is -0.160. The number of nitrogens with zero attached hydrogens (tertiary/aromatic N) is 5. The highest BCUT2D eigenvalue weighted by atomic mass is 31.2. The number of benzene rings is 3. The van der Waals surface area contributed by atoms with Crippen molar-refractivity contribution in [2.45, 2.75) is 38.1 Å². The molecule has 0 aliphatic carbocycles. The molecule has 15 heteroatoms. The Morgan fingerprint density at radius 1 is 0.849 bits per heavy atom. The van der Waals surface area contributed by atoms with E-state index in [4.69, 9.17) is 18.9 Å². The van der Waals surface area contributed by atoms with Crippen molar-refractivity contribution < 1.29 is 42.7 Å². The molecule has 1 unspecified atom stereocenters. The molecule has 1 aliphatic heterocycles. The lowest BCUT2D eigenvalue weighted by Crippen LogP contribution is -2.38. The van der Waals surface area contributed by atoms with E-state index in [-0.39, 0.29) is 41.3 Å². The van der Waals surface area contributed by atoms with Gasteiger partial charge in [-0.15, -0.1) is 0 Å². The van der Waals surface area contributed by atoms with Crippen LogP contribution in [0.4, 0.5) is 5.82 Å². The van der Waals surface area contributed by atoms with Gasteiger partial charge in [0.15, 0.2) is 29.3 Å². The molecule has 14 nitrogen and oxygen atoms in total. The van der Waals surface area contributed by atoms with E-state index < -0.39 is 61.1 Å². The fraction of sp³-hybridized carbons (Fsp3) is 0.289. The first-order valence-corrected chi connectivity index (χ1v) is 19.6. The summed E-state index contributed by atoms with van der Waals surface area (Å²) in [6, 6.07) is 25.1. The summed E-state index contributed by atoms with van der Waals surface area (Å²) in [7, 11) is -3.12.